The molecule has 5 heteroatoms. The van der Waals surface area contributed by atoms with E-state index in [9.17, 15) is 0 Å². The number of nitrogens with zero attached hydrogens (tertiary/aromatic N) is 2. The third kappa shape index (κ3) is 3.52. The highest BCUT2D eigenvalue weighted by molar-refractivity contribution is 6.32. The Hall–Kier alpha value is -1.45. The van der Waals surface area contributed by atoms with Crippen LogP contribution < -0.4 is 9.64 Å². The predicted octanol–water partition coefficient (Wildman–Crippen LogP) is 4.03. The number of hydrogen-bond donors (Lipinski definition) is 0. The van der Waals surface area contributed by atoms with Crippen molar-refractivity contribution < 1.29 is 4.74 Å². The Balaban J connectivity index is 2.17. The molecule has 0 amide bonds. The quantitative estimate of drug-likeness (QED) is 0.797. The first-order valence-electron chi connectivity index (χ1n) is 5.76. The highest BCUT2D eigenvalue weighted by Gasteiger charge is 2.08. The number of pyridine rings is 1. The van der Waals surface area contributed by atoms with Gasteiger partial charge in [-0.3, -0.25) is 0 Å². The van der Waals surface area contributed by atoms with Crippen LogP contribution in [0.4, 0.5) is 5.69 Å². The zero-order valence-electron chi connectivity index (χ0n) is 10.7. The molecule has 100 valence electrons. The van der Waals surface area contributed by atoms with Crippen LogP contribution in [0.5, 0.6) is 5.75 Å². The van der Waals surface area contributed by atoms with Crippen molar-refractivity contribution in [1.82, 2.24) is 4.98 Å². The van der Waals surface area contributed by atoms with Gasteiger partial charge in [-0.15, -0.1) is 0 Å². The highest BCUT2D eigenvalue weighted by Crippen LogP contribution is 2.23. The normalized spacial score (nSPS) is 10.3. The minimum Gasteiger partial charge on any atom is -0.497 e. The SMILES string of the molecule is COc1cccc(N(C)Cc2ccc(Cl)nc2Cl)c1. The summed E-state index contributed by atoms with van der Waals surface area (Å²) < 4.78 is 5.21. The third-order valence-electron chi connectivity index (χ3n) is 2.79. The Morgan fingerprint density at radius 2 is 2.00 bits per heavy atom. The first-order valence-corrected chi connectivity index (χ1v) is 6.52. The Kier molecular flexibility index (Phi) is 4.51. The van der Waals surface area contributed by atoms with Gasteiger partial charge < -0.3 is 9.64 Å². The number of rotatable bonds is 4. The molecule has 2 aromatic rings. The average Bonchev–Trinajstić information content (AvgIpc) is 2.42. The van der Waals surface area contributed by atoms with Crippen LogP contribution >= 0.6 is 23.2 Å². The van der Waals surface area contributed by atoms with Crippen molar-refractivity contribution in [1.29, 1.82) is 0 Å². The summed E-state index contributed by atoms with van der Waals surface area (Å²) in [5.74, 6) is 0.824. The number of methoxy groups -OCH3 is 1. The minimum atomic E-state index is 0.401. The lowest BCUT2D eigenvalue weighted by molar-refractivity contribution is 0.415. The van der Waals surface area contributed by atoms with Gasteiger partial charge in [0.2, 0.25) is 0 Å². The number of ether oxygens (including phenoxy) is 1. The minimum absolute atomic E-state index is 0.401. The van der Waals surface area contributed by atoms with Crippen molar-refractivity contribution in [3.8, 4) is 5.75 Å². The maximum atomic E-state index is 6.07. The number of benzene rings is 1. The lowest BCUT2D eigenvalue weighted by Gasteiger charge is -2.20. The smallest absolute Gasteiger partial charge is 0.135 e. The first kappa shape index (κ1) is 14.0. The maximum absolute atomic E-state index is 6.07. The molecule has 1 heterocycles. The Morgan fingerprint density at radius 1 is 1.21 bits per heavy atom. The van der Waals surface area contributed by atoms with E-state index >= 15 is 0 Å². The number of aromatic nitrogens is 1. The molecular weight excluding hydrogens is 283 g/mol. The van der Waals surface area contributed by atoms with Gasteiger partial charge in [0, 0.05) is 30.9 Å². The zero-order valence-corrected chi connectivity index (χ0v) is 12.2. The monoisotopic (exact) mass is 296 g/mol. The van der Waals surface area contributed by atoms with E-state index in [0.717, 1.165) is 17.0 Å². The van der Waals surface area contributed by atoms with E-state index in [-0.39, 0.29) is 0 Å². The predicted molar refractivity (Wildman–Crippen MR) is 79.4 cm³/mol. The molecule has 2 rings (SSSR count). The van der Waals surface area contributed by atoms with Crippen LogP contribution in [0.25, 0.3) is 0 Å². The van der Waals surface area contributed by atoms with Crippen molar-refractivity contribution in [2.45, 2.75) is 6.54 Å². The van der Waals surface area contributed by atoms with Crippen molar-refractivity contribution >= 4 is 28.9 Å². The second kappa shape index (κ2) is 6.13. The Labute approximate surface area is 122 Å². The lowest BCUT2D eigenvalue weighted by atomic mass is 10.2. The van der Waals surface area contributed by atoms with Crippen LogP contribution in [0.2, 0.25) is 10.3 Å². The molecule has 1 aromatic carbocycles. The summed E-state index contributed by atoms with van der Waals surface area (Å²) in [6.45, 7) is 0.649. The zero-order chi connectivity index (χ0) is 13.8. The Morgan fingerprint density at radius 3 is 2.68 bits per heavy atom. The van der Waals surface area contributed by atoms with Gasteiger partial charge in [0.05, 0.1) is 7.11 Å². The molecule has 0 aliphatic rings. The van der Waals surface area contributed by atoms with Crippen LogP contribution in [0.1, 0.15) is 5.56 Å². The summed E-state index contributed by atoms with van der Waals surface area (Å²) in [6, 6.07) is 11.5. The van der Waals surface area contributed by atoms with Crippen LogP contribution in [0, 0.1) is 0 Å². The van der Waals surface area contributed by atoms with Crippen molar-refractivity contribution in [2.75, 3.05) is 19.1 Å². The summed E-state index contributed by atoms with van der Waals surface area (Å²) in [5.41, 5.74) is 1.97. The molecule has 0 fully saturated rings. The van der Waals surface area contributed by atoms with E-state index < -0.39 is 0 Å². The fourth-order valence-corrected chi connectivity index (χ4v) is 2.16. The summed E-state index contributed by atoms with van der Waals surface area (Å²) in [4.78, 5) is 6.10. The fraction of sp³-hybridized carbons (Fsp3) is 0.214. The molecule has 0 bridgehead atoms. The summed E-state index contributed by atoms with van der Waals surface area (Å²) in [6.07, 6.45) is 0. The van der Waals surface area contributed by atoms with E-state index in [2.05, 4.69) is 9.88 Å². The summed E-state index contributed by atoms with van der Waals surface area (Å²) in [5, 5.41) is 0.833. The van der Waals surface area contributed by atoms with E-state index in [0.29, 0.717) is 16.9 Å². The highest BCUT2D eigenvalue weighted by atomic mass is 35.5. The van der Waals surface area contributed by atoms with Gasteiger partial charge in [0.15, 0.2) is 0 Å². The molecule has 3 nitrogen and oxygen atoms in total. The molecule has 0 radical (unpaired) electrons. The van der Waals surface area contributed by atoms with Crippen LogP contribution in [-0.4, -0.2) is 19.1 Å². The molecule has 0 spiro atoms. The summed E-state index contributed by atoms with van der Waals surface area (Å²) >= 11 is 11.9. The van der Waals surface area contributed by atoms with E-state index in [1.54, 1.807) is 13.2 Å². The second-order valence-corrected chi connectivity index (χ2v) is 4.89. The van der Waals surface area contributed by atoms with Gasteiger partial charge in [-0.05, 0) is 18.2 Å². The number of anilines is 1. The van der Waals surface area contributed by atoms with Gasteiger partial charge in [-0.25, -0.2) is 4.98 Å². The molecule has 0 N–H and O–H groups in total. The molecule has 0 aliphatic carbocycles. The fourth-order valence-electron chi connectivity index (χ4n) is 1.75. The van der Waals surface area contributed by atoms with E-state index in [4.69, 9.17) is 27.9 Å². The molecule has 0 unspecified atom stereocenters. The molecule has 1 aromatic heterocycles. The Bertz CT molecular complexity index is 575. The van der Waals surface area contributed by atoms with Crippen molar-refractivity contribution in [2.24, 2.45) is 0 Å². The van der Waals surface area contributed by atoms with E-state index in [1.165, 1.54) is 0 Å². The topological polar surface area (TPSA) is 25.4 Å². The number of hydrogen-bond acceptors (Lipinski definition) is 3. The van der Waals surface area contributed by atoms with Crippen molar-refractivity contribution in [3.05, 3.63) is 52.3 Å². The van der Waals surface area contributed by atoms with Crippen LogP contribution in [0.3, 0.4) is 0 Å². The molecule has 19 heavy (non-hydrogen) atoms. The third-order valence-corrected chi connectivity index (χ3v) is 3.33. The maximum Gasteiger partial charge on any atom is 0.135 e. The van der Waals surface area contributed by atoms with Gasteiger partial charge in [0.25, 0.3) is 0 Å². The standard InChI is InChI=1S/C14H14Cl2N2O/c1-18(11-4-3-5-12(8-11)19-2)9-10-6-7-13(15)17-14(10)16/h3-8H,9H2,1-2H3. The van der Waals surface area contributed by atoms with Crippen LogP contribution in [0.15, 0.2) is 36.4 Å². The second-order valence-electron chi connectivity index (χ2n) is 4.14. The molecule has 0 aliphatic heterocycles. The largest absolute Gasteiger partial charge is 0.497 e. The van der Waals surface area contributed by atoms with Gasteiger partial charge in [0.1, 0.15) is 16.1 Å². The van der Waals surface area contributed by atoms with Crippen molar-refractivity contribution in [3.63, 3.8) is 0 Å². The molecular formula is C14H14Cl2N2O. The molecule has 0 atom stereocenters. The molecule has 0 saturated carbocycles. The summed E-state index contributed by atoms with van der Waals surface area (Å²) in [7, 11) is 3.64. The average molecular weight is 297 g/mol. The van der Waals surface area contributed by atoms with Crippen LogP contribution in [-0.2, 0) is 6.54 Å². The molecule has 0 saturated heterocycles. The lowest BCUT2D eigenvalue weighted by Crippen LogP contribution is -2.16. The number of halogens is 2. The van der Waals surface area contributed by atoms with E-state index in [1.807, 2.05) is 37.4 Å². The first-order chi connectivity index (χ1) is 9.10. The van der Waals surface area contributed by atoms with Gasteiger partial charge in [-0.1, -0.05) is 35.3 Å². The van der Waals surface area contributed by atoms with Gasteiger partial charge in [-0.2, -0.15) is 0 Å². The van der Waals surface area contributed by atoms with Gasteiger partial charge >= 0.3 is 0 Å².